The zero-order chi connectivity index (χ0) is 14.8. The third-order valence-corrected chi connectivity index (χ3v) is 3.82. The molecular formula is C17H19F2N. The number of benzene rings is 2. The van der Waals surface area contributed by atoms with E-state index in [9.17, 15) is 8.78 Å². The Morgan fingerprint density at radius 2 is 1.55 bits per heavy atom. The molecule has 20 heavy (non-hydrogen) atoms. The minimum absolute atomic E-state index is 0.230. The highest BCUT2D eigenvalue weighted by Gasteiger charge is 2.28. The molecule has 1 unspecified atom stereocenters. The van der Waals surface area contributed by atoms with Crippen molar-refractivity contribution >= 4 is 0 Å². The SMILES string of the molecule is CC(C)(c1ccccc1)C(N)Cc1cc(F)cc(F)c1. The number of rotatable bonds is 4. The predicted molar refractivity (Wildman–Crippen MR) is 77.5 cm³/mol. The van der Waals surface area contributed by atoms with Crippen molar-refractivity contribution in [1.82, 2.24) is 0 Å². The molecule has 0 fully saturated rings. The summed E-state index contributed by atoms with van der Waals surface area (Å²) in [4.78, 5) is 0. The lowest BCUT2D eigenvalue weighted by molar-refractivity contribution is 0.405. The Kier molecular flexibility index (Phi) is 4.19. The number of hydrogen-bond donors (Lipinski definition) is 1. The molecule has 0 aliphatic heterocycles. The van der Waals surface area contributed by atoms with E-state index in [2.05, 4.69) is 0 Å². The van der Waals surface area contributed by atoms with Crippen molar-refractivity contribution < 1.29 is 8.78 Å². The molecule has 2 aromatic carbocycles. The van der Waals surface area contributed by atoms with Gasteiger partial charge < -0.3 is 5.73 Å². The van der Waals surface area contributed by atoms with Gasteiger partial charge in [-0.3, -0.25) is 0 Å². The average molecular weight is 275 g/mol. The highest BCUT2D eigenvalue weighted by molar-refractivity contribution is 5.28. The molecule has 2 aromatic rings. The lowest BCUT2D eigenvalue weighted by Crippen LogP contribution is -2.42. The quantitative estimate of drug-likeness (QED) is 0.902. The summed E-state index contributed by atoms with van der Waals surface area (Å²) in [5.41, 5.74) is 7.69. The van der Waals surface area contributed by atoms with Crippen LogP contribution in [0.3, 0.4) is 0 Å². The average Bonchev–Trinajstić information content (AvgIpc) is 2.38. The molecule has 3 heteroatoms. The summed E-state index contributed by atoms with van der Waals surface area (Å²) in [7, 11) is 0. The van der Waals surface area contributed by atoms with Gasteiger partial charge in [0.25, 0.3) is 0 Å². The predicted octanol–water partition coefficient (Wildman–Crippen LogP) is 3.81. The summed E-state index contributed by atoms with van der Waals surface area (Å²) in [5, 5.41) is 0. The first-order chi connectivity index (χ1) is 9.39. The molecule has 0 heterocycles. The highest BCUT2D eigenvalue weighted by atomic mass is 19.1. The second-order valence-electron chi connectivity index (χ2n) is 5.68. The van der Waals surface area contributed by atoms with Gasteiger partial charge in [0.1, 0.15) is 11.6 Å². The lowest BCUT2D eigenvalue weighted by Gasteiger charge is -2.32. The molecule has 2 rings (SSSR count). The second kappa shape index (κ2) is 5.71. The minimum Gasteiger partial charge on any atom is -0.327 e. The molecule has 0 aliphatic rings. The monoisotopic (exact) mass is 275 g/mol. The fourth-order valence-corrected chi connectivity index (χ4v) is 2.32. The van der Waals surface area contributed by atoms with Crippen molar-refractivity contribution in [2.24, 2.45) is 5.73 Å². The Bertz CT molecular complexity index is 559. The molecule has 1 atom stereocenters. The van der Waals surface area contributed by atoms with E-state index in [1.807, 2.05) is 44.2 Å². The zero-order valence-electron chi connectivity index (χ0n) is 11.7. The molecule has 0 spiro atoms. The summed E-state index contributed by atoms with van der Waals surface area (Å²) >= 11 is 0. The first kappa shape index (κ1) is 14.7. The first-order valence-corrected chi connectivity index (χ1v) is 6.65. The topological polar surface area (TPSA) is 26.0 Å². The number of hydrogen-bond acceptors (Lipinski definition) is 1. The van der Waals surface area contributed by atoms with E-state index in [4.69, 9.17) is 5.73 Å². The summed E-state index contributed by atoms with van der Waals surface area (Å²) in [5.74, 6) is -1.13. The minimum atomic E-state index is -0.565. The summed E-state index contributed by atoms with van der Waals surface area (Å²) < 4.78 is 26.4. The van der Waals surface area contributed by atoms with Crippen molar-refractivity contribution in [3.8, 4) is 0 Å². The maximum atomic E-state index is 13.2. The van der Waals surface area contributed by atoms with E-state index < -0.39 is 11.6 Å². The van der Waals surface area contributed by atoms with Gasteiger partial charge in [-0.05, 0) is 29.7 Å². The lowest BCUT2D eigenvalue weighted by atomic mass is 9.76. The van der Waals surface area contributed by atoms with Crippen LogP contribution in [-0.2, 0) is 11.8 Å². The van der Waals surface area contributed by atoms with Crippen LogP contribution in [0.5, 0.6) is 0 Å². The molecule has 0 amide bonds. The second-order valence-corrected chi connectivity index (χ2v) is 5.68. The van der Waals surface area contributed by atoms with Gasteiger partial charge in [-0.2, -0.15) is 0 Å². The fourth-order valence-electron chi connectivity index (χ4n) is 2.32. The van der Waals surface area contributed by atoms with Crippen molar-refractivity contribution in [1.29, 1.82) is 0 Å². The highest BCUT2D eigenvalue weighted by Crippen LogP contribution is 2.28. The first-order valence-electron chi connectivity index (χ1n) is 6.65. The van der Waals surface area contributed by atoms with Crippen molar-refractivity contribution in [2.75, 3.05) is 0 Å². The van der Waals surface area contributed by atoms with Crippen molar-refractivity contribution in [3.05, 3.63) is 71.3 Å². The van der Waals surface area contributed by atoms with Crippen LogP contribution in [0.2, 0.25) is 0 Å². The largest absolute Gasteiger partial charge is 0.327 e. The van der Waals surface area contributed by atoms with Gasteiger partial charge in [0.2, 0.25) is 0 Å². The van der Waals surface area contributed by atoms with Crippen LogP contribution < -0.4 is 5.73 Å². The normalized spacial score (nSPS) is 13.2. The van der Waals surface area contributed by atoms with E-state index in [1.54, 1.807) is 0 Å². The maximum Gasteiger partial charge on any atom is 0.126 e. The standard InChI is InChI=1S/C17H19F2N/c1-17(2,13-6-4-3-5-7-13)16(20)10-12-8-14(18)11-15(19)9-12/h3-9,11,16H,10,20H2,1-2H3. The van der Waals surface area contributed by atoms with Gasteiger partial charge in [0.05, 0.1) is 0 Å². The van der Waals surface area contributed by atoms with Crippen molar-refractivity contribution in [2.45, 2.75) is 31.7 Å². The third kappa shape index (κ3) is 3.23. The van der Waals surface area contributed by atoms with Crippen molar-refractivity contribution in [3.63, 3.8) is 0 Å². The van der Waals surface area contributed by atoms with E-state index in [0.717, 1.165) is 11.6 Å². The van der Waals surface area contributed by atoms with Crippen LogP contribution in [0, 0.1) is 11.6 Å². The summed E-state index contributed by atoms with van der Waals surface area (Å²) in [6, 6.07) is 13.2. The molecule has 2 N–H and O–H groups in total. The molecule has 0 radical (unpaired) electrons. The molecule has 0 saturated carbocycles. The van der Waals surface area contributed by atoms with Gasteiger partial charge in [0, 0.05) is 17.5 Å². The van der Waals surface area contributed by atoms with Gasteiger partial charge in [-0.25, -0.2) is 8.78 Å². The van der Waals surface area contributed by atoms with Gasteiger partial charge in [0.15, 0.2) is 0 Å². The van der Waals surface area contributed by atoms with Crippen LogP contribution in [0.4, 0.5) is 8.78 Å². The molecule has 0 aliphatic carbocycles. The Balaban J connectivity index is 2.21. The van der Waals surface area contributed by atoms with E-state index >= 15 is 0 Å². The molecule has 106 valence electrons. The van der Waals surface area contributed by atoms with Crippen LogP contribution in [0.25, 0.3) is 0 Å². The Morgan fingerprint density at radius 1 is 1.00 bits per heavy atom. The number of nitrogens with two attached hydrogens (primary N) is 1. The number of halogens is 2. The van der Waals surface area contributed by atoms with E-state index in [0.29, 0.717) is 12.0 Å². The van der Waals surface area contributed by atoms with Gasteiger partial charge >= 0.3 is 0 Å². The Morgan fingerprint density at radius 3 is 2.10 bits per heavy atom. The Hall–Kier alpha value is -1.74. The van der Waals surface area contributed by atoms with Crippen LogP contribution in [0.15, 0.2) is 48.5 Å². The van der Waals surface area contributed by atoms with E-state index in [1.165, 1.54) is 12.1 Å². The van der Waals surface area contributed by atoms with Gasteiger partial charge in [-0.15, -0.1) is 0 Å². The molecule has 1 nitrogen and oxygen atoms in total. The zero-order valence-corrected chi connectivity index (χ0v) is 11.7. The Labute approximate surface area is 118 Å². The van der Waals surface area contributed by atoms with Crippen LogP contribution in [0.1, 0.15) is 25.0 Å². The van der Waals surface area contributed by atoms with Gasteiger partial charge in [-0.1, -0.05) is 44.2 Å². The van der Waals surface area contributed by atoms with E-state index in [-0.39, 0.29) is 11.5 Å². The van der Waals surface area contributed by atoms with Crippen LogP contribution >= 0.6 is 0 Å². The maximum absolute atomic E-state index is 13.2. The molecule has 0 aromatic heterocycles. The fraction of sp³-hybridized carbons (Fsp3) is 0.294. The molecule has 0 saturated heterocycles. The van der Waals surface area contributed by atoms with Crippen LogP contribution in [-0.4, -0.2) is 6.04 Å². The smallest absolute Gasteiger partial charge is 0.126 e. The summed E-state index contributed by atoms with van der Waals surface area (Å²) in [6.07, 6.45) is 0.427. The molecular weight excluding hydrogens is 256 g/mol. The third-order valence-electron chi connectivity index (χ3n) is 3.82. The molecule has 0 bridgehead atoms. The summed E-state index contributed by atoms with van der Waals surface area (Å²) in [6.45, 7) is 4.09.